The highest BCUT2D eigenvalue weighted by Crippen LogP contribution is 2.40. The maximum Gasteiger partial charge on any atom is 0.251 e. The van der Waals surface area contributed by atoms with Gasteiger partial charge in [0.25, 0.3) is 5.91 Å². The Morgan fingerprint density at radius 3 is 2.24 bits per heavy atom. The van der Waals surface area contributed by atoms with Crippen LogP contribution in [0.25, 0.3) is 0 Å². The number of rotatable bonds is 17. The van der Waals surface area contributed by atoms with Gasteiger partial charge in [0.15, 0.2) is 12.6 Å². The maximum atomic E-state index is 13.8. The lowest BCUT2D eigenvalue weighted by atomic mass is 9.74. The molecule has 2 saturated carbocycles. The minimum Gasteiger partial charge on any atom is -0.394 e. The molecular formula is C39H67N3O13. The fourth-order valence-electron chi connectivity index (χ4n) is 9.01. The number of aliphatic hydroxyl groups excluding tert-OH is 5. The number of hydrogen-bond donors (Lipinski definition) is 7. The molecule has 5 fully saturated rings. The van der Waals surface area contributed by atoms with E-state index in [1.807, 2.05) is 14.0 Å². The van der Waals surface area contributed by atoms with Crippen molar-refractivity contribution in [2.75, 3.05) is 33.3 Å². The molecule has 0 radical (unpaired) electrons. The summed E-state index contributed by atoms with van der Waals surface area (Å²) < 4.78 is 31.9. The number of ether oxygens (including phenoxy) is 5. The zero-order valence-electron chi connectivity index (χ0n) is 33.0. The van der Waals surface area contributed by atoms with Gasteiger partial charge in [-0.15, -0.1) is 0 Å². The Bertz CT molecular complexity index is 1240. The standard InChI is InChI=1S/C39H67N3O13/c1-5-24-18-25(26(45)13-9-14-40-4)19-27(35(24)55-39-34(49)33(48)31(46)21(2)51-39)53-38-30(41-22(3)44)36(32(47)29(20-43)54-38)52-28(37(50)42-15-10-16-42)17-23-11-7-6-8-12-23/h21,23-25,27-36,38-40,43,46-49H,5-20H2,1-4H3,(H,41,44)/t21?,24?,25?,27-,28+,29+,30?,31-,32+,33+,34?,35-,36?,38-,39+/m1/s1. The second kappa shape index (κ2) is 20.7. The van der Waals surface area contributed by atoms with E-state index in [9.17, 15) is 39.9 Å². The highest BCUT2D eigenvalue weighted by Gasteiger charge is 2.53. The first kappa shape index (κ1) is 44.3. The zero-order chi connectivity index (χ0) is 39.8. The molecule has 5 rings (SSSR count). The van der Waals surface area contributed by atoms with E-state index in [0.717, 1.165) is 38.5 Å². The summed E-state index contributed by atoms with van der Waals surface area (Å²) in [5.41, 5.74) is 0. The molecule has 6 unspecified atom stereocenters. The van der Waals surface area contributed by atoms with Crippen LogP contribution in [0.4, 0.5) is 0 Å². The third-order valence-corrected chi connectivity index (χ3v) is 12.4. The van der Waals surface area contributed by atoms with Crippen LogP contribution in [0.2, 0.25) is 0 Å². The number of hydrogen-bond acceptors (Lipinski definition) is 14. The van der Waals surface area contributed by atoms with E-state index in [-0.39, 0.29) is 29.9 Å². The van der Waals surface area contributed by atoms with Crippen molar-refractivity contribution in [2.24, 2.45) is 17.8 Å². The summed E-state index contributed by atoms with van der Waals surface area (Å²) in [4.78, 5) is 42.0. The van der Waals surface area contributed by atoms with Gasteiger partial charge in [-0.2, -0.15) is 0 Å². The number of carbonyl (C=O) groups excluding carboxylic acids is 3. The van der Waals surface area contributed by atoms with Crippen molar-refractivity contribution >= 4 is 17.6 Å². The highest BCUT2D eigenvalue weighted by molar-refractivity contribution is 5.82. The summed E-state index contributed by atoms with van der Waals surface area (Å²) in [6, 6.07) is -1.14. The van der Waals surface area contributed by atoms with E-state index >= 15 is 0 Å². The van der Waals surface area contributed by atoms with Crippen LogP contribution in [-0.2, 0) is 38.1 Å². The number of likely N-dealkylation sites (tertiary alicyclic amines) is 1. The van der Waals surface area contributed by atoms with E-state index in [0.29, 0.717) is 51.7 Å². The topological polar surface area (TPSA) is 226 Å². The molecule has 7 N–H and O–H groups in total. The van der Waals surface area contributed by atoms with Gasteiger partial charge in [-0.05, 0) is 64.5 Å². The molecule has 0 aromatic rings. The number of Topliss-reactive ketones (excluding diaryl/α,β-unsaturated/α-hetero) is 1. The molecule has 16 heteroatoms. The molecule has 316 valence electrons. The smallest absolute Gasteiger partial charge is 0.251 e. The van der Waals surface area contributed by atoms with Gasteiger partial charge in [-0.1, -0.05) is 45.4 Å². The molecule has 16 nitrogen and oxygen atoms in total. The van der Waals surface area contributed by atoms with Gasteiger partial charge in [-0.25, -0.2) is 0 Å². The molecule has 0 spiro atoms. The van der Waals surface area contributed by atoms with Gasteiger partial charge in [0, 0.05) is 32.4 Å². The Balaban J connectivity index is 1.45. The first-order valence-electron chi connectivity index (χ1n) is 20.7. The lowest BCUT2D eigenvalue weighted by Crippen LogP contribution is -2.67. The van der Waals surface area contributed by atoms with Crippen molar-refractivity contribution in [3.63, 3.8) is 0 Å². The van der Waals surface area contributed by atoms with Crippen LogP contribution >= 0.6 is 0 Å². The molecule has 15 atom stereocenters. The largest absolute Gasteiger partial charge is 0.394 e. The molecule has 2 amide bonds. The van der Waals surface area contributed by atoms with Gasteiger partial charge in [-0.3, -0.25) is 14.4 Å². The Morgan fingerprint density at radius 1 is 0.891 bits per heavy atom. The average Bonchev–Trinajstić information content (AvgIpc) is 3.14. The quantitative estimate of drug-likeness (QED) is 0.0975. The first-order chi connectivity index (χ1) is 26.4. The zero-order valence-corrected chi connectivity index (χ0v) is 33.0. The normalized spacial score (nSPS) is 39.3. The summed E-state index contributed by atoms with van der Waals surface area (Å²) in [7, 11) is 1.82. The van der Waals surface area contributed by atoms with E-state index in [1.54, 1.807) is 11.8 Å². The van der Waals surface area contributed by atoms with Gasteiger partial charge in [0.1, 0.15) is 54.6 Å². The van der Waals surface area contributed by atoms with Gasteiger partial charge in [0.05, 0.1) is 24.9 Å². The van der Waals surface area contributed by atoms with Gasteiger partial charge >= 0.3 is 0 Å². The maximum absolute atomic E-state index is 13.8. The van der Waals surface area contributed by atoms with Crippen molar-refractivity contribution in [1.29, 1.82) is 0 Å². The minimum absolute atomic E-state index is 0.0600. The van der Waals surface area contributed by atoms with Crippen molar-refractivity contribution < 1.29 is 63.6 Å². The fraction of sp³-hybridized carbons (Fsp3) is 0.923. The molecule has 2 aliphatic carbocycles. The fourth-order valence-corrected chi connectivity index (χ4v) is 9.01. The van der Waals surface area contributed by atoms with Crippen molar-refractivity contribution in [2.45, 2.75) is 177 Å². The number of ketones is 1. The van der Waals surface area contributed by atoms with Crippen molar-refractivity contribution in [3.05, 3.63) is 0 Å². The van der Waals surface area contributed by atoms with E-state index in [1.165, 1.54) is 6.92 Å². The van der Waals surface area contributed by atoms with Crippen LogP contribution in [-0.4, -0.2) is 161 Å². The minimum atomic E-state index is -1.58. The molecule has 0 aromatic heterocycles. The predicted molar refractivity (Wildman–Crippen MR) is 197 cm³/mol. The van der Waals surface area contributed by atoms with Crippen LogP contribution in [0.5, 0.6) is 0 Å². The highest BCUT2D eigenvalue weighted by atomic mass is 16.7. The second-order valence-electron chi connectivity index (χ2n) is 16.4. The van der Waals surface area contributed by atoms with E-state index in [4.69, 9.17) is 23.7 Å². The van der Waals surface area contributed by atoms with Crippen molar-refractivity contribution in [1.82, 2.24) is 15.5 Å². The Hall–Kier alpha value is -1.83. The summed E-state index contributed by atoms with van der Waals surface area (Å²) in [6.07, 6.45) is -5.70. The van der Waals surface area contributed by atoms with E-state index < -0.39 is 98.1 Å². The van der Waals surface area contributed by atoms with Crippen LogP contribution < -0.4 is 10.6 Å². The summed E-state index contributed by atoms with van der Waals surface area (Å²) in [5.74, 6) is -1.02. The predicted octanol–water partition coefficient (Wildman–Crippen LogP) is 0.129. The van der Waals surface area contributed by atoms with Gasteiger partial charge < -0.3 is 64.8 Å². The molecule has 3 aliphatic heterocycles. The molecule has 0 bridgehead atoms. The molecular weight excluding hydrogens is 718 g/mol. The number of amides is 2. The molecule has 55 heavy (non-hydrogen) atoms. The molecule has 0 aromatic carbocycles. The Kier molecular flexibility index (Phi) is 16.7. The van der Waals surface area contributed by atoms with Crippen LogP contribution in [0.1, 0.15) is 97.8 Å². The van der Waals surface area contributed by atoms with Crippen LogP contribution in [0.3, 0.4) is 0 Å². The number of aliphatic hydroxyl groups is 5. The van der Waals surface area contributed by atoms with Gasteiger partial charge in [0.2, 0.25) is 5.91 Å². The number of nitrogens with zero attached hydrogens (tertiary/aromatic N) is 1. The second-order valence-corrected chi connectivity index (χ2v) is 16.4. The lowest BCUT2D eigenvalue weighted by molar-refractivity contribution is -0.338. The van der Waals surface area contributed by atoms with Crippen molar-refractivity contribution in [3.8, 4) is 0 Å². The summed E-state index contributed by atoms with van der Waals surface area (Å²) >= 11 is 0. The Labute approximate surface area is 324 Å². The first-order valence-corrected chi connectivity index (χ1v) is 20.7. The average molecular weight is 786 g/mol. The van der Waals surface area contributed by atoms with E-state index in [2.05, 4.69) is 10.6 Å². The third kappa shape index (κ3) is 11.0. The SMILES string of the molecule is CCC1CC(C(=O)CCCNC)C[C@@H](O[C@@H]2O[C@@H](CO)[C@H](O)C(O[C@@H](CC3CCCCC3)C(=O)N3CCC3)C2NC(C)=O)[C@@H]1O[C@@H]1OC(C)[C@@H](O)[C@H](O)C1O. The summed E-state index contributed by atoms with van der Waals surface area (Å²) in [5, 5.41) is 59.9. The van der Waals surface area contributed by atoms with Crippen LogP contribution in [0, 0.1) is 17.8 Å². The molecule has 3 heterocycles. The van der Waals surface area contributed by atoms with Crippen LogP contribution in [0.15, 0.2) is 0 Å². The lowest BCUT2D eigenvalue weighted by Gasteiger charge is -2.49. The molecule has 5 aliphatic rings. The third-order valence-electron chi connectivity index (χ3n) is 12.4. The number of nitrogens with one attached hydrogen (secondary N) is 2. The monoisotopic (exact) mass is 785 g/mol. The summed E-state index contributed by atoms with van der Waals surface area (Å²) in [6.45, 7) is 6.11. The number of carbonyl (C=O) groups is 3. The Morgan fingerprint density at radius 2 is 1.62 bits per heavy atom. The molecule has 3 saturated heterocycles.